The minimum atomic E-state index is 0.671. The summed E-state index contributed by atoms with van der Waals surface area (Å²) < 4.78 is 2.07. The quantitative estimate of drug-likeness (QED) is 0.902. The highest BCUT2D eigenvalue weighted by Gasteiger charge is 2.31. The van der Waals surface area contributed by atoms with Crippen LogP contribution < -0.4 is 5.32 Å². The number of hydrogen-bond donors (Lipinski definition) is 1. The Morgan fingerprint density at radius 1 is 1.35 bits per heavy atom. The zero-order chi connectivity index (χ0) is 13.7. The Bertz CT molecular complexity index is 671. The molecule has 4 rings (SSSR count). The molecule has 1 fully saturated rings. The number of hydrogen-bond acceptors (Lipinski definition) is 2. The number of aryl methyl sites for hydroxylation is 1. The van der Waals surface area contributed by atoms with Crippen LogP contribution in [0.5, 0.6) is 0 Å². The number of fused-ring (bicyclic) bond motifs is 1. The van der Waals surface area contributed by atoms with Gasteiger partial charge in [-0.25, -0.2) is 4.68 Å². The number of nitrogens with zero attached hydrogens (tertiary/aromatic N) is 2. The van der Waals surface area contributed by atoms with Gasteiger partial charge in [-0.15, -0.1) is 0 Å². The van der Waals surface area contributed by atoms with E-state index in [-0.39, 0.29) is 0 Å². The van der Waals surface area contributed by atoms with Crippen LogP contribution in [0, 0.1) is 6.92 Å². The second kappa shape index (κ2) is 4.52. The maximum Gasteiger partial charge on any atom is 0.133 e. The zero-order valence-electron chi connectivity index (χ0n) is 11.6. The van der Waals surface area contributed by atoms with Gasteiger partial charge in [0.2, 0.25) is 0 Å². The van der Waals surface area contributed by atoms with E-state index in [0.29, 0.717) is 5.92 Å². The molecule has 3 nitrogen and oxygen atoms in total. The number of rotatable bonds is 2. The van der Waals surface area contributed by atoms with Gasteiger partial charge in [0.05, 0.1) is 11.4 Å². The average molecular weight is 288 g/mol. The smallest absolute Gasteiger partial charge is 0.133 e. The first-order valence-electron chi connectivity index (χ1n) is 7.36. The molecule has 1 aliphatic carbocycles. The van der Waals surface area contributed by atoms with Crippen molar-refractivity contribution in [3.63, 3.8) is 0 Å². The molecule has 0 unspecified atom stereocenters. The number of halogens is 1. The van der Waals surface area contributed by atoms with Gasteiger partial charge in [0.25, 0.3) is 0 Å². The van der Waals surface area contributed by atoms with Crippen molar-refractivity contribution >= 4 is 17.4 Å². The minimum Gasteiger partial charge on any atom is -0.369 e. The van der Waals surface area contributed by atoms with Crippen molar-refractivity contribution in [2.45, 2.75) is 38.5 Å². The molecule has 0 bridgehead atoms. The lowest BCUT2D eigenvalue weighted by atomic mass is 9.81. The van der Waals surface area contributed by atoms with Crippen LogP contribution in [0.1, 0.15) is 42.0 Å². The maximum absolute atomic E-state index is 6.16. The Balaban J connectivity index is 1.87. The first-order valence-corrected chi connectivity index (χ1v) is 7.74. The molecule has 0 amide bonds. The number of anilines is 1. The highest BCUT2D eigenvalue weighted by Crippen LogP contribution is 2.41. The maximum atomic E-state index is 6.16. The van der Waals surface area contributed by atoms with Crippen LogP contribution in [0.4, 0.5) is 5.82 Å². The lowest BCUT2D eigenvalue weighted by Crippen LogP contribution is -2.13. The van der Waals surface area contributed by atoms with Gasteiger partial charge >= 0.3 is 0 Å². The summed E-state index contributed by atoms with van der Waals surface area (Å²) in [5, 5.41) is 9.18. The molecule has 1 aromatic heterocycles. The summed E-state index contributed by atoms with van der Waals surface area (Å²) in [7, 11) is 0. The zero-order valence-corrected chi connectivity index (χ0v) is 12.4. The molecule has 4 heteroatoms. The standard InChI is InChI=1S/C16H18ClN3/c1-10-5-6-12(17)9-14(10)20-16-13(7-8-18-16)15(19-20)11-3-2-4-11/h5-6,9,11,18H,2-4,7-8H2,1H3. The molecule has 0 spiro atoms. The van der Waals surface area contributed by atoms with Crippen molar-refractivity contribution in [2.24, 2.45) is 0 Å². The van der Waals surface area contributed by atoms with Gasteiger partial charge in [-0.05, 0) is 43.9 Å². The van der Waals surface area contributed by atoms with E-state index in [4.69, 9.17) is 16.7 Å². The lowest BCUT2D eigenvalue weighted by molar-refractivity contribution is 0.407. The van der Waals surface area contributed by atoms with Gasteiger partial charge in [-0.2, -0.15) is 5.10 Å². The van der Waals surface area contributed by atoms with E-state index in [2.05, 4.69) is 23.0 Å². The molecule has 0 radical (unpaired) electrons. The minimum absolute atomic E-state index is 0.671. The van der Waals surface area contributed by atoms with Crippen molar-refractivity contribution in [3.05, 3.63) is 40.0 Å². The van der Waals surface area contributed by atoms with E-state index < -0.39 is 0 Å². The van der Waals surface area contributed by atoms with Crippen molar-refractivity contribution in [2.75, 3.05) is 11.9 Å². The third kappa shape index (κ3) is 1.76. The van der Waals surface area contributed by atoms with E-state index in [1.807, 2.05) is 12.1 Å². The van der Waals surface area contributed by atoms with Gasteiger partial charge in [-0.1, -0.05) is 24.1 Å². The molecule has 2 heterocycles. The van der Waals surface area contributed by atoms with Crippen LogP contribution in [-0.2, 0) is 6.42 Å². The average Bonchev–Trinajstić information content (AvgIpc) is 2.94. The Hall–Kier alpha value is -1.48. The predicted octanol–water partition coefficient (Wildman–Crippen LogP) is 4.07. The molecule has 2 aromatic rings. The second-order valence-corrected chi connectivity index (χ2v) is 6.30. The molecular weight excluding hydrogens is 270 g/mol. The lowest BCUT2D eigenvalue weighted by Gasteiger charge is -2.24. The van der Waals surface area contributed by atoms with E-state index in [1.54, 1.807) is 0 Å². The number of benzene rings is 1. The topological polar surface area (TPSA) is 29.9 Å². The van der Waals surface area contributed by atoms with Crippen molar-refractivity contribution in [1.82, 2.24) is 9.78 Å². The van der Waals surface area contributed by atoms with E-state index in [1.165, 1.54) is 41.9 Å². The first kappa shape index (κ1) is 12.3. The van der Waals surface area contributed by atoms with Crippen LogP contribution >= 0.6 is 11.6 Å². The van der Waals surface area contributed by atoms with Gasteiger partial charge in [-0.3, -0.25) is 0 Å². The van der Waals surface area contributed by atoms with Crippen LogP contribution in [0.25, 0.3) is 5.69 Å². The van der Waals surface area contributed by atoms with Crippen LogP contribution in [0.15, 0.2) is 18.2 Å². The van der Waals surface area contributed by atoms with Gasteiger partial charge in [0, 0.05) is 23.0 Å². The second-order valence-electron chi connectivity index (χ2n) is 5.86. The molecule has 0 saturated heterocycles. The summed E-state index contributed by atoms with van der Waals surface area (Å²) >= 11 is 6.16. The third-order valence-electron chi connectivity index (χ3n) is 4.57. The summed E-state index contributed by atoms with van der Waals surface area (Å²) in [6.07, 6.45) is 5.02. The van der Waals surface area contributed by atoms with Crippen LogP contribution in [-0.4, -0.2) is 16.3 Å². The van der Waals surface area contributed by atoms with Gasteiger partial charge < -0.3 is 5.32 Å². The van der Waals surface area contributed by atoms with Crippen molar-refractivity contribution < 1.29 is 0 Å². The Kier molecular flexibility index (Phi) is 2.77. The molecule has 20 heavy (non-hydrogen) atoms. The summed E-state index contributed by atoms with van der Waals surface area (Å²) in [6, 6.07) is 6.00. The fourth-order valence-corrected chi connectivity index (χ4v) is 3.36. The summed E-state index contributed by atoms with van der Waals surface area (Å²) in [6.45, 7) is 3.13. The summed E-state index contributed by atoms with van der Waals surface area (Å²) in [5.74, 6) is 1.85. The predicted molar refractivity (Wildman–Crippen MR) is 82.1 cm³/mol. The van der Waals surface area contributed by atoms with Crippen LogP contribution in [0.2, 0.25) is 5.02 Å². The molecule has 1 aliphatic heterocycles. The molecule has 104 valence electrons. The summed E-state index contributed by atoms with van der Waals surface area (Å²) in [5.41, 5.74) is 5.03. The molecular formula is C16H18ClN3. The fraction of sp³-hybridized carbons (Fsp3) is 0.438. The van der Waals surface area contributed by atoms with Crippen molar-refractivity contribution in [3.8, 4) is 5.69 Å². The van der Waals surface area contributed by atoms with Gasteiger partial charge in [0.15, 0.2) is 0 Å². The van der Waals surface area contributed by atoms with E-state index >= 15 is 0 Å². The highest BCUT2D eigenvalue weighted by atomic mass is 35.5. The Morgan fingerprint density at radius 3 is 2.95 bits per heavy atom. The summed E-state index contributed by atoms with van der Waals surface area (Å²) in [4.78, 5) is 0. The monoisotopic (exact) mass is 287 g/mol. The van der Waals surface area contributed by atoms with E-state index in [9.17, 15) is 0 Å². The molecule has 0 atom stereocenters. The van der Waals surface area contributed by atoms with Crippen LogP contribution in [0.3, 0.4) is 0 Å². The molecule has 1 N–H and O–H groups in total. The fourth-order valence-electron chi connectivity index (χ4n) is 3.20. The molecule has 2 aliphatic rings. The van der Waals surface area contributed by atoms with E-state index in [0.717, 1.165) is 23.7 Å². The first-order chi connectivity index (χ1) is 9.74. The Morgan fingerprint density at radius 2 is 2.20 bits per heavy atom. The third-order valence-corrected chi connectivity index (χ3v) is 4.81. The van der Waals surface area contributed by atoms with Gasteiger partial charge in [0.1, 0.15) is 5.82 Å². The number of nitrogens with one attached hydrogen (secondary N) is 1. The molecule has 1 saturated carbocycles. The largest absolute Gasteiger partial charge is 0.369 e. The number of aromatic nitrogens is 2. The highest BCUT2D eigenvalue weighted by molar-refractivity contribution is 6.30. The van der Waals surface area contributed by atoms with Crippen molar-refractivity contribution in [1.29, 1.82) is 0 Å². The Labute approximate surface area is 123 Å². The molecule has 1 aromatic carbocycles. The normalized spacial score (nSPS) is 17.7. The SMILES string of the molecule is Cc1ccc(Cl)cc1-n1nc(C2CCC2)c2c1NCC2.